The summed E-state index contributed by atoms with van der Waals surface area (Å²) in [6, 6.07) is 5.67. The third-order valence-electron chi connectivity index (χ3n) is 4.66. The van der Waals surface area contributed by atoms with Crippen LogP contribution in [0.2, 0.25) is 5.02 Å². The van der Waals surface area contributed by atoms with Crippen LogP contribution >= 0.6 is 22.9 Å². The number of aromatic nitrogens is 3. The van der Waals surface area contributed by atoms with Crippen molar-refractivity contribution in [1.29, 1.82) is 0 Å². The minimum Gasteiger partial charge on any atom is -0.484 e. The molecule has 0 spiro atoms. The number of aryl methyl sites for hydroxylation is 1. The van der Waals surface area contributed by atoms with E-state index in [4.69, 9.17) is 30.8 Å². The van der Waals surface area contributed by atoms with E-state index in [0.29, 0.717) is 27.9 Å². The van der Waals surface area contributed by atoms with Crippen molar-refractivity contribution in [3.63, 3.8) is 0 Å². The Morgan fingerprint density at radius 3 is 2.93 bits per heavy atom. The van der Waals surface area contributed by atoms with E-state index in [1.165, 1.54) is 11.3 Å². The largest absolute Gasteiger partial charge is 0.484 e. The Bertz CT molecular complexity index is 1260. The molecule has 3 heterocycles. The smallest absolute Gasteiger partial charge is 0.232 e. The highest BCUT2D eigenvalue weighted by atomic mass is 35.5. The Kier molecular flexibility index (Phi) is 4.42. The highest BCUT2D eigenvalue weighted by Crippen LogP contribution is 2.47. The minimum atomic E-state index is -0.408. The van der Waals surface area contributed by atoms with Gasteiger partial charge in [0.25, 0.3) is 0 Å². The summed E-state index contributed by atoms with van der Waals surface area (Å²) in [7, 11) is 1.56. The number of nitrogens with zero attached hydrogens (tertiary/aromatic N) is 3. The number of ether oxygens (including phenoxy) is 3. The van der Waals surface area contributed by atoms with Crippen molar-refractivity contribution in [3.05, 3.63) is 35.0 Å². The molecule has 0 saturated carbocycles. The summed E-state index contributed by atoms with van der Waals surface area (Å²) < 4.78 is 17.7. The lowest BCUT2D eigenvalue weighted by Gasteiger charge is -2.25. The van der Waals surface area contributed by atoms with Crippen LogP contribution < -0.4 is 14.2 Å². The standard InChI is InChI=1S/C20H16ClN3O4S/c1-9-3-11(16-13(4-9)23-15(26-2)6-22-16)20-24-17-12(21)5-14-18(19(17)29-20)27-8-10(7-25)28-14/h3-6,10,25H,7-8H2,1-2H3/t10-/m0/s1. The first kappa shape index (κ1) is 18.4. The van der Waals surface area contributed by atoms with Crippen LogP contribution in [0.25, 0.3) is 31.8 Å². The van der Waals surface area contributed by atoms with Gasteiger partial charge in [0.05, 0.1) is 36.0 Å². The van der Waals surface area contributed by atoms with Gasteiger partial charge in [-0.15, -0.1) is 11.3 Å². The Balaban J connectivity index is 1.72. The number of benzene rings is 2. The van der Waals surface area contributed by atoms with E-state index in [0.717, 1.165) is 31.9 Å². The van der Waals surface area contributed by atoms with Crippen molar-refractivity contribution < 1.29 is 19.3 Å². The van der Waals surface area contributed by atoms with Crippen LogP contribution in [0.1, 0.15) is 5.56 Å². The summed E-state index contributed by atoms with van der Waals surface area (Å²) in [5, 5.41) is 10.6. The van der Waals surface area contributed by atoms with Crippen LogP contribution in [0.3, 0.4) is 0 Å². The van der Waals surface area contributed by atoms with Crippen LogP contribution in [0, 0.1) is 6.92 Å². The van der Waals surface area contributed by atoms with E-state index in [1.807, 2.05) is 19.1 Å². The zero-order valence-corrected chi connectivity index (χ0v) is 17.2. The lowest BCUT2D eigenvalue weighted by atomic mass is 10.1. The predicted molar refractivity (Wildman–Crippen MR) is 111 cm³/mol. The van der Waals surface area contributed by atoms with Crippen LogP contribution in [0.4, 0.5) is 0 Å². The summed E-state index contributed by atoms with van der Waals surface area (Å²) in [5.74, 6) is 1.57. The lowest BCUT2D eigenvalue weighted by Crippen LogP contribution is -2.32. The maximum Gasteiger partial charge on any atom is 0.232 e. The van der Waals surface area contributed by atoms with Gasteiger partial charge in [-0.05, 0) is 24.6 Å². The molecule has 1 aliphatic rings. The highest BCUT2D eigenvalue weighted by Gasteiger charge is 2.26. The second-order valence-electron chi connectivity index (χ2n) is 6.71. The number of rotatable bonds is 3. The maximum atomic E-state index is 9.35. The number of halogens is 1. The molecule has 148 valence electrons. The van der Waals surface area contributed by atoms with Gasteiger partial charge >= 0.3 is 0 Å². The molecule has 2 aromatic heterocycles. The fraction of sp³-hybridized carbons (Fsp3) is 0.250. The Hall–Kier alpha value is -2.68. The van der Waals surface area contributed by atoms with Gasteiger partial charge < -0.3 is 19.3 Å². The second-order valence-corrected chi connectivity index (χ2v) is 8.11. The summed E-state index contributed by atoms with van der Waals surface area (Å²) in [4.78, 5) is 13.8. The molecule has 29 heavy (non-hydrogen) atoms. The van der Waals surface area contributed by atoms with Crippen LogP contribution in [-0.4, -0.2) is 46.5 Å². The van der Waals surface area contributed by atoms with Gasteiger partial charge in [-0.3, -0.25) is 0 Å². The third-order valence-corrected chi connectivity index (χ3v) is 6.04. The molecular formula is C20H16ClN3O4S. The summed E-state index contributed by atoms with van der Waals surface area (Å²) in [6.07, 6.45) is 1.18. The van der Waals surface area contributed by atoms with Crippen molar-refractivity contribution in [3.8, 4) is 28.0 Å². The Morgan fingerprint density at radius 1 is 1.28 bits per heavy atom. The van der Waals surface area contributed by atoms with E-state index in [2.05, 4.69) is 9.97 Å². The molecule has 7 nitrogen and oxygen atoms in total. The summed E-state index contributed by atoms with van der Waals surface area (Å²) >= 11 is 7.94. The molecule has 0 radical (unpaired) electrons. The van der Waals surface area contributed by atoms with Gasteiger partial charge in [-0.25, -0.2) is 15.0 Å². The fourth-order valence-corrected chi connectivity index (χ4v) is 4.72. The zero-order chi connectivity index (χ0) is 20.1. The number of hydrogen-bond acceptors (Lipinski definition) is 8. The van der Waals surface area contributed by atoms with Crippen LogP contribution in [0.15, 0.2) is 24.4 Å². The third kappa shape index (κ3) is 3.04. The van der Waals surface area contributed by atoms with Gasteiger partial charge in [-0.1, -0.05) is 11.6 Å². The SMILES string of the molecule is COc1cnc2c(-c3nc4c(Cl)cc5c(c4s3)OC[C@H](CO)O5)cc(C)cc2n1. The molecule has 9 heteroatoms. The first-order valence-electron chi connectivity index (χ1n) is 8.92. The number of thiazole rings is 1. The normalized spacial score (nSPS) is 15.8. The molecule has 5 rings (SSSR count). The molecule has 4 aromatic rings. The van der Waals surface area contributed by atoms with Crippen LogP contribution in [0.5, 0.6) is 17.4 Å². The van der Waals surface area contributed by atoms with E-state index < -0.39 is 6.10 Å². The van der Waals surface area contributed by atoms with Gasteiger partial charge in [0.15, 0.2) is 17.6 Å². The van der Waals surface area contributed by atoms with Crippen molar-refractivity contribution in [2.24, 2.45) is 0 Å². The average molecular weight is 430 g/mol. The number of aliphatic hydroxyl groups excluding tert-OH is 1. The Morgan fingerprint density at radius 2 is 2.14 bits per heavy atom. The average Bonchev–Trinajstić information content (AvgIpc) is 3.18. The highest BCUT2D eigenvalue weighted by molar-refractivity contribution is 7.22. The van der Waals surface area contributed by atoms with Crippen molar-refractivity contribution >= 4 is 44.2 Å². The van der Waals surface area contributed by atoms with Gasteiger partial charge in [0.2, 0.25) is 5.88 Å². The molecule has 0 bridgehead atoms. The number of aliphatic hydroxyl groups is 1. The number of fused-ring (bicyclic) bond motifs is 4. The second kappa shape index (κ2) is 6.98. The number of hydrogen-bond donors (Lipinski definition) is 1. The topological polar surface area (TPSA) is 86.6 Å². The van der Waals surface area contributed by atoms with E-state index in [-0.39, 0.29) is 13.2 Å². The molecule has 0 unspecified atom stereocenters. The zero-order valence-electron chi connectivity index (χ0n) is 15.6. The molecular weight excluding hydrogens is 414 g/mol. The molecule has 1 aliphatic heterocycles. The predicted octanol–water partition coefficient (Wildman–Crippen LogP) is 4.01. The molecule has 2 aromatic carbocycles. The molecule has 0 amide bonds. The number of methoxy groups -OCH3 is 1. The van der Waals surface area contributed by atoms with Gasteiger partial charge in [0, 0.05) is 11.6 Å². The Labute approximate surface area is 174 Å². The summed E-state index contributed by atoms with van der Waals surface area (Å²) in [6.45, 7) is 2.14. The summed E-state index contributed by atoms with van der Waals surface area (Å²) in [5.41, 5.74) is 4.02. The molecule has 1 N–H and O–H groups in total. The monoisotopic (exact) mass is 429 g/mol. The maximum absolute atomic E-state index is 9.35. The van der Waals surface area contributed by atoms with Gasteiger partial charge in [-0.2, -0.15) is 0 Å². The molecule has 1 atom stereocenters. The quantitative estimate of drug-likeness (QED) is 0.526. The van der Waals surface area contributed by atoms with E-state index in [1.54, 1.807) is 19.4 Å². The molecule has 0 aliphatic carbocycles. The van der Waals surface area contributed by atoms with Crippen LogP contribution in [-0.2, 0) is 0 Å². The first-order valence-corrected chi connectivity index (χ1v) is 10.1. The lowest BCUT2D eigenvalue weighted by molar-refractivity contribution is 0.0469. The van der Waals surface area contributed by atoms with Crippen molar-refractivity contribution in [2.45, 2.75) is 13.0 Å². The van der Waals surface area contributed by atoms with Gasteiger partial charge in [0.1, 0.15) is 21.8 Å². The molecule has 0 fully saturated rings. The van der Waals surface area contributed by atoms with E-state index >= 15 is 0 Å². The first-order chi connectivity index (χ1) is 14.1. The minimum absolute atomic E-state index is 0.125. The fourth-order valence-electron chi connectivity index (χ4n) is 3.33. The molecule has 0 saturated heterocycles. The van der Waals surface area contributed by atoms with E-state index in [9.17, 15) is 5.11 Å². The van der Waals surface area contributed by atoms with Crippen molar-refractivity contribution in [2.75, 3.05) is 20.3 Å². The van der Waals surface area contributed by atoms with Crippen molar-refractivity contribution in [1.82, 2.24) is 15.0 Å².